The Balaban J connectivity index is 1.81. The topological polar surface area (TPSA) is 47.9 Å². The van der Waals surface area contributed by atoms with E-state index < -0.39 is 5.97 Å². The van der Waals surface area contributed by atoms with Gasteiger partial charge in [-0.25, -0.2) is 9.79 Å². The highest BCUT2D eigenvalue weighted by atomic mass is 16.6. The molecule has 0 radical (unpaired) electrons. The standard InChI is InChI=1S/C21H21NO3/c1-4-24-18-11-9-17(10-12-18)20-22-19(21(23)25-20)13-15-5-7-16(8-6-15)14(2)3/h5-14H,4H2,1-3H3/b19-13-. The summed E-state index contributed by atoms with van der Waals surface area (Å²) in [5.74, 6) is 1.13. The van der Waals surface area contributed by atoms with Crippen molar-refractivity contribution in [1.82, 2.24) is 0 Å². The summed E-state index contributed by atoms with van der Waals surface area (Å²) in [5, 5.41) is 0. The summed E-state index contributed by atoms with van der Waals surface area (Å²) in [6.07, 6.45) is 1.74. The zero-order valence-electron chi connectivity index (χ0n) is 14.7. The third kappa shape index (κ3) is 3.97. The van der Waals surface area contributed by atoms with Crippen LogP contribution in [0.2, 0.25) is 0 Å². The molecule has 0 fully saturated rings. The number of cyclic esters (lactones) is 1. The molecule has 2 aromatic rings. The molecule has 4 heteroatoms. The number of hydrogen-bond acceptors (Lipinski definition) is 4. The van der Waals surface area contributed by atoms with E-state index >= 15 is 0 Å². The predicted octanol–water partition coefficient (Wildman–Crippen LogP) is 4.55. The first kappa shape index (κ1) is 17.0. The van der Waals surface area contributed by atoms with Gasteiger partial charge in [0.05, 0.1) is 6.61 Å². The Labute approximate surface area is 147 Å². The lowest BCUT2D eigenvalue weighted by atomic mass is 10.0. The maximum Gasteiger partial charge on any atom is 0.363 e. The largest absolute Gasteiger partial charge is 0.494 e. The lowest BCUT2D eigenvalue weighted by Crippen LogP contribution is -2.05. The van der Waals surface area contributed by atoms with Gasteiger partial charge in [-0.2, -0.15) is 0 Å². The summed E-state index contributed by atoms with van der Waals surface area (Å²) in [6.45, 7) is 6.84. The number of carbonyl (C=O) groups excluding carboxylic acids is 1. The number of esters is 1. The average molecular weight is 335 g/mol. The summed E-state index contributed by atoms with van der Waals surface area (Å²) >= 11 is 0. The molecule has 3 rings (SSSR count). The number of hydrogen-bond donors (Lipinski definition) is 0. The Hall–Kier alpha value is -2.88. The molecule has 4 nitrogen and oxygen atoms in total. The molecule has 1 aliphatic rings. The second kappa shape index (κ2) is 7.34. The molecule has 0 atom stereocenters. The minimum Gasteiger partial charge on any atom is -0.494 e. The zero-order chi connectivity index (χ0) is 17.8. The molecule has 1 aliphatic heterocycles. The van der Waals surface area contributed by atoms with Crippen LogP contribution < -0.4 is 4.74 Å². The van der Waals surface area contributed by atoms with Gasteiger partial charge in [0, 0.05) is 5.56 Å². The van der Waals surface area contributed by atoms with Crippen molar-refractivity contribution in [3.05, 3.63) is 70.9 Å². The van der Waals surface area contributed by atoms with Gasteiger partial charge in [0.1, 0.15) is 5.75 Å². The normalized spacial score (nSPS) is 15.4. The van der Waals surface area contributed by atoms with E-state index in [1.807, 2.05) is 43.3 Å². The Morgan fingerprint density at radius 2 is 1.76 bits per heavy atom. The van der Waals surface area contributed by atoms with Crippen LogP contribution in [0.3, 0.4) is 0 Å². The third-order valence-corrected chi connectivity index (χ3v) is 3.94. The molecule has 0 saturated heterocycles. The van der Waals surface area contributed by atoms with Gasteiger partial charge in [-0.15, -0.1) is 0 Å². The molecule has 1 heterocycles. The van der Waals surface area contributed by atoms with Crippen LogP contribution >= 0.6 is 0 Å². The Kier molecular flexibility index (Phi) is 4.98. The van der Waals surface area contributed by atoms with Crippen LogP contribution in [0, 0.1) is 0 Å². The van der Waals surface area contributed by atoms with E-state index in [0.717, 1.165) is 16.9 Å². The summed E-state index contributed by atoms with van der Waals surface area (Å²) in [5.41, 5.74) is 3.24. The zero-order valence-corrected chi connectivity index (χ0v) is 14.7. The summed E-state index contributed by atoms with van der Waals surface area (Å²) < 4.78 is 10.7. The predicted molar refractivity (Wildman–Crippen MR) is 98.7 cm³/mol. The van der Waals surface area contributed by atoms with Crippen LogP contribution in [0.1, 0.15) is 43.4 Å². The highest BCUT2D eigenvalue weighted by Gasteiger charge is 2.24. The van der Waals surface area contributed by atoms with Crippen molar-refractivity contribution < 1.29 is 14.3 Å². The highest BCUT2D eigenvalue weighted by molar-refractivity contribution is 6.12. The number of ether oxygens (including phenoxy) is 2. The number of aliphatic imine (C=N–C) groups is 1. The van der Waals surface area contributed by atoms with Crippen molar-refractivity contribution >= 4 is 17.9 Å². The maximum atomic E-state index is 12.1. The minimum atomic E-state index is -0.433. The van der Waals surface area contributed by atoms with Crippen LogP contribution in [0.25, 0.3) is 6.08 Å². The van der Waals surface area contributed by atoms with Gasteiger partial charge in [-0.3, -0.25) is 0 Å². The van der Waals surface area contributed by atoms with Crippen LogP contribution in [0.15, 0.2) is 59.2 Å². The van der Waals surface area contributed by atoms with Crippen molar-refractivity contribution in [1.29, 1.82) is 0 Å². The van der Waals surface area contributed by atoms with Crippen LogP contribution in [0.4, 0.5) is 0 Å². The molecule has 0 aromatic heterocycles. The van der Waals surface area contributed by atoms with Crippen molar-refractivity contribution in [2.45, 2.75) is 26.7 Å². The first-order valence-corrected chi connectivity index (χ1v) is 8.42. The van der Waals surface area contributed by atoms with E-state index in [4.69, 9.17) is 9.47 Å². The van der Waals surface area contributed by atoms with E-state index in [1.54, 1.807) is 6.08 Å². The van der Waals surface area contributed by atoms with Crippen LogP contribution in [-0.4, -0.2) is 18.5 Å². The quantitative estimate of drug-likeness (QED) is 0.595. The Bertz CT molecular complexity index is 815. The molecule has 0 aliphatic carbocycles. The maximum absolute atomic E-state index is 12.1. The van der Waals surface area contributed by atoms with Gasteiger partial charge in [0.25, 0.3) is 0 Å². The Morgan fingerprint density at radius 3 is 2.36 bits per heavy atom. The number of carbonyl (C=O) groups is 1. The van der Waals surface area contributed by atoms with Gasteiger partial charge >= 0.3 is 5.97 Å². The van der Waals surface area contributed by atoms with Gasteiger partial charge in [0.15, 0.2) is 5.70 Å². The van der Waals surface area contributed by atoms with E-state index in [0.29, 0.717) is 24.1 Å². The van der Waals surface area contributed by atoms with Crippen molar-refractivity contribution in [2.24, 2.45) is 4.99 Å². The molecule has 0 saturated carbocycles. The first-order valence-electron chi connectivity index (χ1n) is 8.42. The fourth-order valence-electron chi connectivity index (χ4n) is 2.53. The van der Waals surface area contributed by atoms with E-state index in [1.165, 1.54) is 5.56 Å². The molecule has 0 bridgehead atoms. The number of rotatable bonds is 5. The first-order chi connectivity index (χ1) is 12.1. The average Bonchev–Trinajstić information content (AvgIpc) is 2.97. The fraction of sp³-hybridized carbons (Fsp3) is 0.238. The lowest BCUT2D eigenvalue weighted by molar-refractivity contribution is -0.129. The summed E-state index contributed by atoms with van der Waals surface area (Å²) in [4.78, 5) is 16.4. The molecular formula is C21H21NO3. The minimum absolute atomic E-state index is 0.307. The van der Waals surface area contributed by atoms with E-state index in [2.05, 4.69) is 31.0 Å². The highest BCUT2D eigenvalue weighted by Crippen LogP contribution is 2.22. The fourth-order valence-corrected chi connectivity index (χ4v) is 2.53. The molecule has 128 valence electrons. The molecular weight excluding hydrogens is 314 g/mol. The Morgan fingerprint density at radius 1 is 1.08 bits per heavy atom. The molecule has 25 heavy (non-hydrogen) atoms. The monoisotopic (exact) mass is 335 g/mol. The van der Waals surface area contributed by atoms with Crippen LogP contribution in [-0.2, 0) is 9.53 Å². The van der Waals surface area contributed by atoms with Crippen LogP contribution in [0.5, 0.6) is 5.75 Å². The van der Waals surface area contributed by atoms with E-state index in [-0.39, 0.29) is 0 Å². The second-order valence-electron chi connectivity index (χ2n) is 6.11. The molecule has 0 unspecified atom stereocenters. The lowest BCUT2D eigenvalue weighted by Gasteiger charge is -2.04. The number of benzene rings is 2. The summed E-state index contributed by atoms with van der Waals surface area (Å²) in [6, 6.07) is 15.4. The smallest absolute Gasteiger partial charge is 0.363 e. The van der Waals surface area contributed by atoms with Gasteiger partial charge in [-0.1, -0.05) is 38.1 Å². The molecule has 2 aromatic carbocycles. The van der Waals surface area contributed by atoms with Crippen molar-refractivity contribution in [3.8, 4) is 5.75 Å². The van der Waals surface area contributed by atoms with Crippen molar-refractivity contribution in [3.63, 3.8) is 0 Å². The van der Waals surface area contributed by atoms with Gasteiger partial charge < -0.3 is 9.47 Å². The SMILES string of the molecule is CCOc1ccc(C2=N/C(=C\c3ccc(C(C)C)cc3)C(=O)O2)cc1. The van der Waals surface area contributed by atoms with Gasteiger partial charge in [0.2, 0.25) is 5.90 Å². The molecule has 0 spiro atoms. The number of nitrogens with zero attached hydrogens (tertiary/aromatic N) is 1. The van der Waals surface area contributed by atoms with Crippen molar-refractivity contribution in [2.75, 3.05) is 6.61 Å². The second-order valence-corrected chi connectivity index (χ2v) is 6.11. The third-order valence-electron chi connectivity index (χ3n) is 3.94. The molecule has 0 N–H and O–H groups in total. The molecule has 0 amide bonds. The van der Waals surface area contributed by atoms with Gasteiger partial charge in [-0.05, 0) is 54.3 Å². The van der Waals surface area contributed by atoms with E-state index in [9.17, 15) is 4.79 Å². The summed E-state index contributed by atoms with van der Waals surface area (Å²) in [7, 11) is 0.